The molecule has 0 fully saturated rings. The molecule has 0 N–H and O–H groups in total. The number of hydrogen-bond donors (Lipinski definition) is 0. The summed E-state index contributed by atoms with van der Waals surface area (Å²) in [4.78, 5) is 50.1. The van der Waals surface area contributed by atoms with Gasteiger partial charge in [-0.15, -0.1) is 11.3 Å². The van der Waals surface area contributed by atoms with Gasteiger partial charge in [0.25, 0.3) is 11.8 Å². The Bertz CT molecular complexity index is 1110. The van der Waals surface area contributed by atoms with Crippen molar-refractivity contribution in [2.45, 2.75) is 52.5 Å². The number of aryl methyl sites for hydroxylation is 1. The number of benzene rings is 1. The lowest BCUT2D eigenvalue weighted by Gasteiger charge is -2.33. The second kappa shape index (κ2) is 13.2. The Kier molecular flexibility index (Phi) is 10.3. The Morgan fingerprint density at radius 3 is 2.43 bits per heavy atom. The molecule has 0 aliphatic carbocycles. The monoisotopic (exact) mass is 548 g/mol. The number of aromatic nitrogens is 1. The van der Waals surface area contributed by atoms with Crippen molar-refractivity contribution in [2.75, 3.05) is 40.3 Å². The number of ether oxygens (including phenoxy) is 1. The lowest BCUT2D eigenvalue weighted by Crippen LogP contribution is -2.51. The summed E-state index contributed by atoms with van der Waals surface area (Å²) in [5, 5.41) is 0.423. The topological polar surface area (TPSA) is 83.0 Å². The summed E-state index contributed by atoms with van der Waals surface area (Å²) in [6, 6.07) is 4.34. The molecule has 1 aromatic carbocycles. The molecule has 0 saturated carbocycles. The van der Waals surface area contributed by atoms with E-state index >= 15 is 0 Å². The van der Waals surface area contributed by atoms with Gasteiger partial charge in [-0.1, -0.05) is 25.4 Å². The molecule has 3 amide bonds. The Hall–Kier alpha value is -2.65. The van der Waals surface area contributed by atoms with E-state index in [0.29, 0.717) is 53.9 Å². The van der Waals surface area contributed by atoms with E-state index in [1.165, 1.54) is 16.2 Å². The number of carbonyl (C=O) groups excluding carboxylic acids is 3. The van der Waals surface area contributed by atoms with Crippen LogP contribution in [0.4, 0.5) is 0 Å². The van der Waals surface area contributed by atoms with E-state index in [-0.39, 0.29) is 23.6 Å². The zero-order chi connectivity index (χ0) is 27.1. The molecule has 2 heterocycles. The third-order valence-electron chi connectivity index (χ3n) is 6.65. The average molecular weight is 549 g/mol. The molecule has 2 aromatic rings. The standard InChI is InChI=1S/C27H37ClN4O4S/c1-18(2)23-26(34)30(4)12-6-7-13-32(27(35)24-19(3)29-17-37-24)14-8-9-15-36-22-11-10-20(28)16-21(22)25(33)31(23)5/h10-11,16-18,23H,6-9,12-15H2,1-5H3/t23-/m0/s1. The number of rotatable bonds is 2. The normalized spacial score (nSPS) is 19.0. The highest BCUT2D eigenvalue weighted by Gasteiger charge is 2.33. The molecule has 0 bridgehead atoms. The predicted octanol–water partition coefficient (Wildman–Crippen LogP) is 4.76. The fourth-order valence-electron chi connectivity index (χ4n) is 4.55. The van der Waals surface area contributed by atoms with Crippen molar-refractivity contribution < 1.29 is 19.1 Å². The molecule has 202 valence electrons. The number of hydrogen-bond acceptors (Lipinski definition) is 6. The molecule has 3 rings (SSSR count). The zero-order valence-corrected chi connectivity index (χ0v) is 23.9. The zero-order valence-electron chi connectivity index (χ0n) is 22.3. The first kappa shape index (κ1) is 28.9. The van der Waals surface area contributed by atoms with Crippen LogP contribution in [0.2, 0.25) is 5.02 Å². The maximum atomic E-state index is 13.5. The van der Waals surface area contributed by atoms with Crippen LogP contribution < -0.4 is 4.74 Å². The van der Waals surface area contributed by atoms with Gasteiger partial charge >= 0.3 is 0 Å². The third-order valence-corrected chi connectivity index (χ3v) is 7.80. The quantitative estimate of drug-likeness (QED) is 0.540. The third kappa shape index (κ3) is 7.23. The van der Waals surface area contributed by atoms with Crippen LogP contribution in [0.3, 0.4) is 0 Å². The van der Waals surface area contributed by atoms with Crippen LogP contribution in [-0.4, -0.2) is 83.8 Å². The van der Waals surface area contributed by atoms with Gasteiger partial charge in [-0.3, -0.25) is 14.4 Å². The van der Waals surface area contributed by atoms with E-state index in [4.69, 9.17) is 16.3 Å². The summed E-state index contributed by atoms with van der Waals surface area (Å²) in [6.07, 6.45) is 2.99. The van der Waals surface area contributed by atoms with Gasteiger partial charge in [-0.05, 0) is 56.7 Å². The first-order valence-electron chi connectivity index (χ1n) is 12.8. The van der Waals surface area contributed by atoms with E-state index in [1.807, 2.05) is 25.7 Å². The lowest BCUT2D eigenvalue weighted by molar-refractivity contribution is -0.136. The van der Waals surface area contributed by atoms with Crippen molar-refractivity contribution in [3.63, 3.8) is 0 Å². The maximum Gasteiger partial charge on any atom is 0.265 e. The van der Waals surface area contributed by atoms with Gasteiger partial charge < -0.3 is 19.4 Å². The largest absolute Gasteiger partial charge is 0.493 e. The second-order valence-electron chi connectivity index (χ2n) is 9.83. The second-order valence-corrected chi connectivity index (χ2v) is 11.1. The smallest absolute Gasteiger partial charge is 0.265 e. The fraction of sp³-hybridized carbons (Fsp3) is 0.556. The Morgan fingerprint density at radius 2 is 1.78 bits per heavy atom. The van der Waals surface area contributed by atoms with Crippen LogP contribution in [0.1, 0.15) is 65.3 Å². The minimum atomic E-state index is -0.632. The Labute approximate surface area is 228 Å². The summed E-state index contributed by atoms with van der Waals surface area (Å²) in [6.45, 7) is 7.85. The number of halogens is 1. The molecule has 8 nitrogen and oxygen atoms in total. The van der Waals surface area contributed by atoms with Crippen LogP contribution in [0, 0.1) is 12.8 Å². The molecule has 1 aliphatic rings. The van der Waals surface area contributed by atoms with Crippen molar-refractivity contribution in [3.8, 4) is 5.75 Å². The van der Waals surface area contributed by atoms with Crippen LogP contribution in [0.5, 0.6) is 5.75 Å². The number of fused-ring (bicyclic) bond motifs is 1. The van der Waals surface area contributed by atoms with Crippen LogP contribution in [0.25, 0.3) is 0 Å². The molecular formula is C27H37ClN4O4S. The Morgan fingerprint density at radius 1 is 1.11 bits per heavy atom. The van der Waals surface area contributed by atoms with Gasteiger partial charge in [-0.25, -0.2) is 4.98 Å². The highest BCUT2D eigenvalue weighted by atomic mass is 35.5. The summed E-state index contributed by atoms with van der Waals surface area (Å²) >= 11 is 7.59. The number of amides is 3. The van der Waals surface area contributed by atoms with Gasteiger partial charge in [-0.2, -0.15) is 0 Å². The number of thiazole rings is 1. The van der Waals surface area contributed by atoms with Crippen molar-refractivity contribution in [1.29, 1.82) is 0 Å². The fourth-order valence-corrected chi connectivity index (χ4v) is 5.49. The van der Waals surface area contributed by atoms with Crippen LogP contribution in [-0.2, 0) is 4.79 Å². The molecule has 1 aliphatic heterocycles. The van der Waals surface area contributed by atoms with E-state index in [0.717, 1.165) is 25.0 Å². The minimum absolute atomic E-state index is 0.00431. The van der Waals surface area contributed by atoms with E-state index < -0.39 is 6.04 Å². The van der Waals surface area contributed by atoms with Gasteiger partial charge in [0.1, 0.15) is 16.7 Å². The Balaban J connectivity index is 1.86. The molecule has 0 unspecified atom stereocenters. The van der Waals surface area contributed by atoms with Crippen molar-refractivity contribution in [2.24, 2.45) is 5.92 Å². The first-order valence-corrected chi connectivity index (χ1v) is 14.0. The van der Waals surface area contributed by atoms with Crippen LogP contribution >= 0.6 is 22.9 Å². The van der Waals surface area contributed by atoms with E-state index in [9.17, 15) is 14.4 Å². The van der Waals surface area contributed by atoms with E-state index in [2.05, 4.69) is 4.98 Å². The molecule has 1 atom stereocenters. The summed E-state index contributed by atoms with van der Waals surface area (Å²) in [5.74, 6) is -0.0884. The number of likely N-dealkylation sites (N-methyl/N-ethyl adjacent to an activating group) is 2. The summed E-state index contributed by atoms with van der Waals surface area (Å²) in [7, 11) is 3.42. The van der Waals surface area contributed by atoms with Crippen LogP contribution in [0.15, 0.2) is 23.7 Å². The molecular weight excluding hydrogens is 512 g/mol. The maximum absolute atomic E-state index is 13.5. The predicted molar refractivity (Wildman–Crippen MR) is 147 cm³/mol. The van der Waals surface area contributed by atoms with Gasteiger partial charge in [0, 0.05) is 38.8 Å². The molecule has 0 radical (unpaired) electrons. The van der Waals surface area contributed by atoms with Crippen molar-refractivity contribution in [3.05, 3.63) is 44.9 Å². The summed E-state index contributed by atoms with van der Waals surface area (Å²) < 4.78 is 6.00. The van der Waals surface area contributed by atoms with Gasteiger partial charge in [0.15, 0.2) is 0 Å². The lowest BCUT2D eigenvalue weighted by atomic mass is 10.00. The molecule has 37 heavy (non-hydrogen) atoms. The first-order chi connectivity index (χ1) is 17.6. The summed E-state index contributed by atoms with van der Waals surface area (Å²) in [5.41, 5.74) is 2.78. The van der Waals surface area contributed by atoms with Gasteiger partial charge in [0.05, 0.1) is 23.4 Å². The molecule has 0 spiro atoms. The number of carbonyl (C=O) groups is 3. The molecule has 10 heteroatoms. The number of nitrogens with zero attached hydrogens (tertiary/aromatic N) is 4. The highest BCUT2D eigenvalue weighted by molar-refractivity contribution is 7.11. The SMILES string of the molecule is Cc1ncsc1C(=O)N1CCCCOc2ccc(Cl)cc2C(=O)N(C)[C@@H](C(C)C)C(=O)N(C)CCCC1. The molecule has 1 aromatic heterocycles. The minimum Gasteiger partial charge on any atom is -0.493 e. The van der Waals surface area contributed by atoms with E-state index in [1.54, 1.807) is 42.7 Å². The van der Waals surface area contributed by atoms with Gasteiger partial charge in [0.2, 0.25) is 5.91 Å². The molecule has 0 saturated heterocycles. The van der Waals surface area contributed by atoms with Crippen molar-refractivity contribution >= 4 is 40.7 Å². The van der Waals surface area contributed by atoms with Crippen molar-refractivity contribution in [1.82, 2.24) is 19.7 Å². The highest BCUT2D eigenvalue weighted by Crippen LogP contribution is 2.27. The average Bonchev–Trinajstić information content (AvgIpc) is 3.29.